The molecule has 1 saturated heterocycles. The van der Waals surface area contributed by atoms with Gasteiger partial charge in [-0.2, -0.15) is 11.8 Å². The molecule has 0 aromatic heterocycles. The van der Waals surface area contributed by atoms with Crippen molar-refractivity contribution in [2.24, 2.45) is 0 Å². The minimum Gasteiger partial charge on any atom is -0.311 e. The molecule has 1 heterocycles. The largest absolute Gasteiger partial charge is 0.311 e. The number of nitrogens with one attached hydrogen (secondary N) is 1. The first-order chi connectivity index (χ1) is 7.31. The lowest BCUT2D eigenvalue weighted by Crippen LogP contribution is -2.37. The molecule has 3 heteroatoms. The summed E-state index contributed by atoms with van der Waals surface area (Å²) in [7, 11) is 0. The number of hydrogen-bond acceptors (Lipinski definition) is 3. The van der Waals surface area contributed by atoms with Crippen LogP contribution in [0.4, 0.5) is 0 Å². The van der Waals surface area contributed by atoms with Gasteiger partial charge in [-0.1, -0.05) is 0 Å². The molecule has 0 bridgehead atoms. The van der Waals surface area contributed by atoms with Crippen molar-refractivity contribution in [3.05, 3.63) is 0 Å². The van der Waals surface area contributed by atoms with Crippen LogP contribution < -0.4 is 5.32 Å². The maximum atomic E-state index is 3.79. The molecule has 1 N–H and O–H groups in total. The van der Waals surface area contributed by atoms with Gasteiger partial charge in [0, 0.05) is 36.5 Å². The average Bonchev–Trinajstić information content (AvgIpc) is 3.17. The molecule has 3 rings (SSSR count). The number of nitrogens with zero attached hydrogens (tertiary/aromatic N) is 1. The van der Waals surface area contributed by atoms with Crippen molar-refractivity contribution in [3.8, 4) is 0 Å². The Hall–Kier alpha value is 0.270. The first-order valence-electron chi connectivity index (χ1n) is 6.34. The first kappa shape index (κ1) is 10.4. The van der Waals surface area contributed by atoms with Crippen molar-refractivity contribution in [2.45, 2.75) is 48.9 Å². The minimum atomic E-state index is 0.632. The normalized spacial score (nSPS) is 34.6. The van der Waals surface area contributed by atoms with Gasteiger partial charge < -0.3 is 5.32 Å². The van der Waals surface area contributed by atoms with E-state index in [0.29, 0.717) is 4.75 Å². The van der Waals surface area contributed by atoms with Gasteiger partial charge in [-0.25, -0.2) is 0 Å². The summed E-state index contributed by atoms with van der Waals surface area (Å²) in [5, 5.41) is 3.79. The SMILES string of the molecule is CSC1(CNC2CCN(C3CC3)C2)CC1. The molecule has 2 aliphatic carbocycles. The van der Waals surface area contributed by atoms with Gasteiger partial charge in [0.25, 0.3) is 0 Å². The van der Waals surface area contributed by atoms with Crippen LogP contribution in [-0.2, 0) is 0 Å². The van der Waals surface area contributed by atoms with Gasteiger partial charge in [-0.05, 0) is 38.4 Å². The summed E-state index contributed by atoms with van der Waals surface area (Å²) in [6, 6.07) is 1.75. The highest BCUT2D eigenvalue weighted by Gasteiger charge is 2.42. The topological polar surface area (TPSA) is 15.3 Å². The van der Waals surface area contributed by atoms with Crippen molar-refractivity contribution in [1.82, 2.24) is 10.2 Å². The predicted molar refractivity (Wildman–Crippen MR) is 66.5 cm³/mol. The molecule has 15 heavy (non-hydrogen) atoms. The van der Waals surface area contributed by atoms with Crippen LogP contribution in [0.25, 0.3) is 0 Å². The second-order valence-electron chi connectivity index (χ2n) is 5.48. The molecular formula is C12H22N2S. The standard InChI is InChI=1S/C12H22N2S/c1-15-12(5-6-12)9-13-10-4-7-14(8-10)11-2-3-11/h10-11,13H,2-9H2,1H3. The number of thioether (sulfide) groups is 1. The first-order valence-corrected chi connectivity index (χ1v) is 7.56. The van der Waals surface area contributed by atoms with Crippen molar-refractivity contribution in [3.63, 3.8) is 0 Å². The fraction of sp³-hybridized carbons (Fsp3) is 1.00. The quantitative estimate of drug-likeness (QED) is 0.768. The third-order valence-corrected chi connectivity index (χ3v) is 5.66. The Morgan fingerprint density at radius 1 is 1.33 bits per heavy atom. The zero-order valence-electron chi connectivity index (χ0n) is 9.67. The van der Waals surface area contributed by atoms with E-state index >= 15 is 0 Å². The maximum absolute atomic E-state index is 3.79. The van der Waals surface area contributed by atoms with Crippen LogP contribution in [-0.4, -0.2) is 47.6 Å². The zero-order chi connectivity index (χ0) is 10.3. The lowest BCUT2D eigenvalue weighted by atomic mass is 10.2. The molecule has 2 saturated carbocycles. The lowest BCUT2D eigenvalue weighted by Gasteiger charge is -2.19. The lowest BCUT2D eigenvalue weighted by molar-refractivity contribution is 0.317. The van der Waals surface area contributed by atoms with Gasteiger partial charge in [0.2, 0.25) is 0 Å². The van der Waals surface area contributed by atoms with E-state index in [1.165, 1.54) is 51.7 Å². The van der Waals surface area contributed by atoms with Gasteiger partial charge in [0.1, 0.15) is 0 Å². The van der Waals surface area contributed by atoms with E-state index < -0.39 is 0 Å². The molecule has 86 valence electrons. The molecule has 0 spiro atoms. The number of likely N-dealkylation sites (tertiary alicyclic amines) is 1. The van der Waals surface area contributed by atoms with E-state index in [1.807, 2.05) is 0 Å². The molecule has 1 aliphatic heterocycles. The molecule has 3 aliphatic rings. The fourth-order valence-electron chi connectivity index (χ4n) is 2.65. The van der Waals surface area contributed by atoms with Gasteiger partial charge in [0.05, 0.1) is 0 Å². The Morgan fingerprint density at radius 2 is 2.13 bits per heavy atom. The number of rotatable bonds is 5. The molecule has 0 amide bonds. The van der Waals surface area contributed by atoms with Crippen molar-refractivity contribution in [1.29, 1.82) is 0 Å². The Labute approximate surface area is 97.2 Å². The second-order valence-corrected chi connectivity index (χ2v) is 6.75. The molecule has 0 radical (unpaired) electrons. The Kier molecular flexibility index (Phi) is 2.74. The zero-order valence-corrected chi connectivity index (χ0v) is 10.5. The third-order valence-electron chi connectivity index (χ3n) is 4.24. The molecular weight excluding hydrogens is 204 g/mol. The van der Waals surface area contributed by atoms with E-state index in [9.17, 15) is 0 Å². The van der Waals surface area contributed by atoms with E-state index in [0.717, 1.165) is 12.1 Å². The summed E-state index contributed by atoms with van der Waals surface area (Å²) >= 11 is 2.06. The van der Waals surface area contributed by atoms with Crippen LogP contribution in [0, 0.1) is 0 Å². The van der Waals surface area contributed by atoms with Crippen LogP contribution in [0.2, 0.25) is 0 Å². The smallest absolute Gasteiger partial charge is 0.0282 e. The summed E-state index contributed by atoms with van der Waals surface area (Å²) in [6.45, 7) is 3.90. The highest BCUT2D eigenvalue weighted by atomic mass is 32.2. The molecule has 2 nitrogen and oxygen atoms in total. The molecule has 0 aromatic rings. The van der Waals surface area contributed by atoms with E-state index in [2.05, 4.69) is 28.2 Å². The highest BCUT2D eigenvalue weighted by Crippen LogP contribution is 2.46. The van der Waals surface area contributed by atoms with E-state index in [-0.39, 0.29) is 0 Å². The van der Waals surface area contributed by atoms with E-state index in [1.54, 1.807) is 0 Å². The molecule has 1 atom stereocenters. The summed E-state index contributed by atoms with van der Waals surface area (Å²) in [6.07, 6.45) is 9.42. The highest BCUT2D eigenvalue weighted by molar-refractivity contribution is 8.00. The van der Waals surface area contributed by atoms with Crippen molar-refractivity contribution in [2.75, 3.05) is 25.9 Å². The second kappa shape index (κ2) is 3.94. The van der Waals surface area contributed by atoms with Crippen LogP contribution in [0.3, 0.4) is 0 Å². The third kappa shape index (κ3) is 2.34. The van der Waals surface area contributed by atoms with Crippen LogP contribution in [0.5, 0.6) is 0 Å². The van der Waals surface area contributed by atoms with Gasteiger partial charge in [0.15, 0.2) is 0 Å². The Bertz CT molecular complexity index is 236. The fourth-order valence-corrected chi connectivity index (χ4v) is 3.39. The molecule has 0 aromatic carbocycles. The van der Waals surface area contributed by atoms with Crippen molar-refractivity contribution < 1.29 is 0 Å². The molecule has 3 fully saturated rings. The summed E-state index contributed by atoms with van der Waals surface area (Å²) < 4.78 is 0.632. The minimum absolute atomic E-state index is 0.632. The van der Waals surface area contributed by atoms with Gasteiger partial charge in [-0.3, -0.25) is 4.90 Å². The number of hydrogen-bond donors (Lipinski definition) is 1. The maximum Gasteiger partial charge on any atom is 0.0282 e. The molecule has 1 unspecified atom stereocenters. The van der Waals surface area contributed by atoms with E-state index in [4.69, 9.17) is 0 Å². The Morgan fingerprint density at radius 3 is 2.73 bits per heavy atom. The van der Waals surface area contributed by atoms with Gasteiger partial charge >= 0.3 is 0 Å². The van der Waals surface area contributed by atoms with Gasteiger partial charge in [-0.15, -0.1) is 0 Å². The van der Waals surface area contributed by atoms with Crippen LogP contribution in [0.1, 0.15) is 32.1 Å². The van der Waals surface area contributed by atoms with Crippen LogP contribution in [0.15, 0.2) is 0 Å². The van der Waals surface area contributed by atoms with Crippen molar-refractivity contribution >= 4 is 11.8 Å². The monoisotopic (exact) mass is 226 g/mol. The van der Waals surface area contributed by atoms with Crippen LogP contribution >= 0.6 is 11.8 Å². The summed E-state index contributed by atoms with van der Waals surface area (Å²) in [5.74, 6) is 0. The average molecular weight is 226 g/mol. The summed E-state index contributed by atoms with van der Waals surface area (Å²) in [5.41, 5.74) is 0. The summed E-state index contributed by atoms with van der Waals surface area (Å²) in [4.78, 5) is 2.69. The Balaban J connectivity index is 1.41. The predicted octanol–water partition coefficient (Wildman–Crippen LogP) is 1.71.